The number of nitrogens with zero attached hydrogens (tertiary/aromatic N) is 2. The van der Waals surface area contributed by atoms with Gasteiger partial charge in [-0.15, -0.1) is 0 Å². The van der Waals surface area contributed by atoms with Gasteiger partial charge in [-0.2, -0.15) is 0 Å². The van der Waals surface area contributed by atoms with Gasteiger partial charge in [0.1, 0.15) is 29.3 Å². The first kappa shape index (κ1) is 14.2. The molecule has 6 nitrogen and oxygen atoms in total. The van der Waals surface area contributed by atoms with Gasteiger partial charge in [-0.1, -0.05) is 0 Å². The summed E-state index contributed by atoms with van der Waals surface area (Å²) in [5, 5.41) is 4.37. The van der Waals surface area contributed by atoms with Crippen LogP contribution in [0.15, 0.2) is 36.8 Å². The minimum atomic E-state index is 0.0221. The lowest BCUT2D eigenvalue weighted by atomic mass is 10.1. The summed E-state index contributed by atoms with van der Waals surface area (Å²) in [5.74, 6) is 2.33. The fraction of sp³-hybridized carbons (Fsp3) is 0.250. The summed E-state index contributed by atoms with van der Waals surface area (Å²) >= 11 is 0. The molecule has 1 aromatic carbocycles. The highest BCUT2D eigenvalue weighted by Crippen LogP contribution is 2.31. The average molecular weight is 298 g/mol. The summed E-state index contributed by atoms with van der Waals surface area (Å²) < 4.78 is 10.7. The minimum absolute atomic E-state index is 0.0221. The Bertz CT molecular complexity index is 785. The summed E-state index contributed by atoms with van der Waals surface area (Å²) in [7, 11) is 3.29. The predicted octanol–water partition coefficient (Wildman–Crippen LogP) is 3.15. The van der Waals surface area contributed by atoms with E-state index in [0.29, 0.717) is 0 Å². The number of benzene rings is 1. The Balaban J connectivity index is 1.91. The number of methoxy groups -OCH3 is 2. The number of hydrogen-bond acceptors (Lipinski definition) is 5. The van der Waals surface area contributed by atoms with Crippen LogP contribution in [0.1, 0.15) is 18.5 Å². The summed E-state index contributed by atoms with van der Waals surface area (Å²) in [4.78, 5) is 11.6. The largest absolute Gasteiger partial charge is 0.497 e. The van der Waals surface area contributed by atoms with Crippen molar-refractivity contribution in [2.24, 2.45) is 0 Å². The van der Waals surface area contributed by atoms with Crippen molar-refractivity contribution in [2.45, 2.75) is 13.0 Å². The summed E-state index contributed by atoms with van der Waals surface area (Å²) in [6.45, 7) is 2.06. The molecule has 2 aromatic heterocycles. The van der Waals surface area contributed by atoms with Crippen LogP contribution >= 0.6 is 0 Å². The van der Waals surface area contributed by atoms with Gasteiger partial charge in [-0.3, -0.25) is 0 Å². The van der Waals surface area contributed by atoms with Crippen molar-refractivity contribution < 1.29 is 9.47 Å². The van der Waals surface area contributed by atoms with Crippen molar-refractivity contribution in [2.75, 3.05) is 19.5 Å². The SMILES string of the molecule is COc1ccc([C@@H](C)Nc2ncnc3[nH]ccc23)c(OC)c1. The van der Waals surface area contributed by atoms with E-state index in [2.05, 4.69) is 27.2 Å². The van der Waals surface area contributed by atoms with Crippen LogP contribution in [-0.2, 0) is 0 Å². The number of aromatic amines is 1. The number of nitrogens with one attached hydrogen (secondary N) is 2. The van der Waals surface area contributed by atoms with Gasteiger partial charge in [0.15, 0.2) is 0 Å². The van der Waals surface area contributed by atoms with Gasteiger partial charge in [0, 0.05) is 17.8 Å². The highest BCUT2D eigenvalue weighted by Gasteiger charge is 2.14. The van der Waals surface area contributed by atoms with Gasteiger partial charge in [0.05, 0.1) is 25.6 Å². The highest BCUT2D eigenvalue weighted by atomic mass is 16.5. The molecule has 0 fully saturated rings. The van der Waals surface area contributed by atoms with Crippen LogP contribution in [0.4, 0.5) is 5.82 Å². The van der Waals surface area contributed by atoms with Crippen LogP contribution in [0.5, 0.6) is 11.5 Å². The minimum Gasteiger partial charge on any atom is -0.497 e. The first-order valence-electron chi connectivity index (χ1n) is 6.99. The molecule has 3 aromatic rings. The maximum absolute atomic E-state index is 5.46. The first-order chi connectivity index (χ1) is 10.7. The van der Waals surface area contributed by atoms with Crippen molar-refractivity contribution in [1.29, 1.82) is 0 Å². The fourth-order valence-corrected chi connectivity index (χ4v) is 2.45. The molecule has 6 heteroatoms. The van der Waals surface area contributed by atoms with E-state index in [1.807, 2.05) is 30.5 Å². The number of H-pyrrole nitrogens is 1. The van der Waals surface area contributed by atoms with Crippen molar-refractivity contribution in [3.05, 3.63) is 42.4 Å². The molecule has 0 radical (unpaired) electrons. The van der Waals surface area contributed by atoms with Gasteiger partial charge in [-0.05, 0) is 25.1 Å². The van der Waals surface area contributed by atoms with E-state index in [1.54, 1.807) is 20.5 Å². The van der Waals surface area contributed by atoms with Crippen LogP contribution in [0.2, 0.25) is 0 Å². The number of aromatic nitrogens is 3. The molecule has 2 heterocycles. The van der Waals surface area contributed by atoms with Gasteiger partial charge in [0.25, 0.3) is 0 Å². The number of hydrogen-bond donors (Lipinski definition) is 2. The van der Waals surface area contributed by atoms with Crippen LogP contribution in [-0.4, -0.2) is 29.2 Å². The third-order valence-electron chi connectivity index (χ3n) is 3.61. The van der Waals surface area contributed by atoms with Gasteiger partial charge >= 0.3 is 0 Å². The summed E-state index contributed by atoms with van der Waals surface area (Å²) in [5.41, 5.74) is 1.84. The molecule has 3 rings (SSSR count). The number of fused-ring (bicyclic) bond motifs is 1. The maximum atomic E-state index is 5.46. The molecule has 0 amide bonds. The zero-order chi connectivity index (χ0) is 15.5. The third-order valence-corrected chi connectivity index (χ3v) is 3.61. The molecule has 0 saturated carbocycles. The zero-order valence-electron chi connectivity index (χ0n) is 12.8. The smallest absolute Gasteiger partial charge is 0.142 e. The van der Waals surface area contributed by atoms with Crippen molar-refractivity contribution in [3.63, 3.8) is 0 Å². The average Bonchev–Trinajstić information content (AvgIpc) is 3.03. The second-order valence-electron chi connectivity index (χ2n) is 4.94. The second kappa shape index (κ2) is 5.93. The Hall–Kier alpha value is -2.76. The fourth-order valence-electron chi connectivity index (χ4n) is 2.45. The van der Waals surface area contributed by atoms with Crippen molar-refractivity contribution in [3.8, 4) is 11.5 Å². The molecule has 0 unspecified atom stereocenters. The third kappa shape index (κ3) is 2.55. The van der Waals surface area contributed by atoms with E-state index in [4.69, 9.17) is 9.47 Å². The standard InChI is InChI=1S/C16H18N4O2/c1-10(12-5-4-11(21-2)8-14(12)22-3)20-16-13-6-7-17-15(13)18-9-19-16/h4-10H,1-3H3,(H2,17,18,19,20)/t10-/m1/s1. The molecule has 114 valence electrons. The normalized spacial score (nSPS) is 12.1. The van der Waals surface area contributed by atoms with Gasteiger partial charge in [0.2, 0.25) is 0 Å². The quantitative estimate of drug-likeness (QED) is 0.757. The maximum Gasteiger partial charge on any atom is 0.142 e. The molecule has 0 aliphatic rings. The van der Waals surface area contributed by atoms with E-state index >= 15 is 0 Å². The molecular formula is C16H18N4O2. The van der Waals surface area contributed by atoms with Crippen LogP contribution < -0.4 is 14.8 Å². The monoisotopic (exact) mass is 298 g/mol. The summed E-state index contributed by atoms with van der Waals surface area (Å²) in [6.07, 6.45) is 3.39. The van der Waals surface area contributed by atoms with Gasteiger partial charge in [-0.25, -0.2) is 9.97 Å². The summed E-state index contributed by atoms with van der Waals surface area (Å²) in [6, 6.07) is 7.76. The zero-order valence-corrected chi connectivity index (χ0v) is 12.8. The van der Waals surface area contributed by atoms with E-state index in [9.17, 15) is 0 Å². The lowest BCUT2D eigenvalue weighted by molar-refractivity contribution is 0.390. The highest BCUT2D eigenvalue weighted by molar-refractivity contribution is 5.86. The molecule has 22 heavy (non-hydrogen) atoms. The molecule has 1 atom stereocenters. The number of ether oxygens (including phenoxy) is 2. The number of anilines is 1. The molecule has 0 saturated heterocycles. The molecule has 0 aliphatic carbocycles. The second-order valence-corrected chi connectivity index (χ2v) is 4.94. The molecule has 0 bridgehead atoms. The van der Waals surface area contributed by atoms with Crippen molar-refractivity contribution in [1.82, 2.24) is 15.0 Å². The molecule has 0 spiro atoms. The lowest BCUT2D eigenvalue weighted by Gasteiger charge is -2.18. The topological polar surface area (TPSA) is 72.1 Å². The van der Waals surface area contributed by atoms with E-state index in [0.717, 1.165) is 33.9 Å². The Labute approximate surface area is 128 Å². The van der Waals surface area contributed by atoms with E-state index in [-0.39, 0.29) is 6.04 Å². The predicted molar refractivity (Wildman–Crippen MR) is 85.5 cm³/mol. The molecular weight excluding hydrogens is 280 g/mol. The first-order valence-corrected chi connectivity index (χ1v) is 6.99. The number of rotatable bonds is 5. The van der Waals surface area contributed by atoms with E-state index < -0.39 is 0 Å². The van der Waals surface area contributed by atoms with Crippen LogP contribution in [0.25, 0.3) is 11.0 Å². The van der Waals surface area contributed by atoms with E-state index in [1.165, 1.54) is 0 Å². The molecule has 2 N–H and O–H groups in total. The Kier molecular flexibility index (Phi) is 3.82. The van der Waals surface area contributed by atoms with Crippen LogP contribution in [0, 0.1) is 0 Å². The Morgan fingerprint density at radius 2 is 2.00 bits per heavy atom. The Morgan fingerprint density at radius 1 is 1.14 bits per heavy atom. The Morgan fingerprint density at radius 3 is 2.77 bits per heavy atom. The van der Waals surface area contributed by atoms with Crippen LogP contribution in [0.3, 0.4) is 0 Å². The lowest BCUT2D eigenvalue weighted by Crippen LogP contribution is -2.10. The van der Waals surface area contributed by atoms with Gasteiger partial charge < -0.3 is 19.8 Å². The van der Waals surface area contributed by atoms with Crippen molar-refractivity contribution >= 4 is 16.9 Å². The molecule has 0 aliphatic heterocycles.